The third-order valence-electron chi connectivity index (χ3n) is 1.52. The van der Waals surface area contributed by atoms with Crippen LogP contribution >= 0.6 is 0 Å². The number of hydrogen-bond donors (Lipinski definition) is 0. The SMILES string of the molecule is O=COc1cc(C(=O)[O-])cc([N+](=O)[O-])c1. The van der Waals surface area contributed by atoms with E-state index >= 15 is 0 Å². The van der Waals surface area contributed by atoms with E-state index in [1.807, 2.05) is 0 Å². The molecular weight excluding hydrogens is 206 g/mol. The maximum atomic E-state index is 10.5. The van der Waals surface area contributed by atoms with E-state index in [-0.39, 0.29) is 12.2 Å². The van der Waals surface area contributed by atoms with Crippen LogP contribution in [0.15, 0.2) is 18.2 Å². The van der Waals surface area contributed by atoms with E-state index in [1.165, 1.54) is 0 Å². The van der Waals surface area contributed by atoms with Gasteiger partial charge in [-0.1, -0.05) is 0 Å². The number of nitro groups is 1. The van der Waals surface area contributed by atoms with Crippen molar-refractivity contribution in [3.63, 3.8) is 0 Å². The molecule has 15 heavy (non-hydrogen) atoms. The Bertz CT molecular complexity index is 395. The summed E-state index contributed by atoms with van der Waals surface area (Å²) < 4.78 is 4.31. The van der Waals surface area contributed by atoms with Crippen molar-refractivity contribution in [1.82, 2.24) is 0 Å². The third-order valence-corrected chi connectivity index (χ3v) is 1.52. The van der Waals surface area contributed by atoms with Crippen LogP contribution in [0, 0.1) is 10.1 Å². The topological polar surface area (TPSA) is 110 Å². The molecule has 0 unspecified atom stereocenters. The maximum Gasteiger partial charge on any atom is 0.298 e. The molecule has 0 aliphatic rings. The summed E-state index contributed by atoms with van der Waals surface area (Å²) in [6, 6.07) is 2.70. The second-order valence-electron chi connectivity index (χ2n) is 2.47. The van der Waals surface area contributed by atoms with E-state index in [9.17, 15) is 24.8 Å². The standard InChI is InChI=1S/C8H5NO6/c10-4-15-7-2-5(8(11)12)1-6(3-7)9(13)14/h1-4H,(H,11,12)/p-1. The van der Waals surface area contributed by atoms with Crippen LogP contribution in [-0.4, -0.2) is 17.4 Å². The highest BCUT2D eigenvalue weighted by atomic mass is 16.6. The van der Waals surface area contributed by atoms with E-state index in [0.29, 0.717) is 0 Å². The maximum absolute atomic E-state index is 10.5. The van der Waals surface area contributed by atoms with E-state index < -0.39 is 22.1 Å². The number of nitro benzene ring substituents is 1. The van der Waals surface area contributed by atoms with Crippen molar-refractivity contribution in [1.29, 1.82) is 0 Å². The van der Waals surface area contributed by atoms with Gasteiger partial charge in [0.2, 0.25) is 0 Å². The fraction of sp³-hybridized carbons (Fsp3) is 0. The van der Waals surface area contributed by atoms with Crippen LogP contribution in [0.5, 0.6) is 5.75 Å². The molecule has 78 valence electrons. The molecule has 1 rings (SSSR count). The molecule has 0 radical (unpaired) electrons. The normalized spacial score (nSPS) is 9.33. The zero-order valence-corrected chi connectivity index (χ0v) is 7.21. The number of non-ortho nitro benzene ring substituents is 1. The van der Waals surface area contributed by atoms with Crippen LogP contribution in [0.3, 0.4) is 0 Å². The number of rotatable bonds is 4. The molecule has 0 spiro atoms. The fourth-order valence-corrected chi connectivity index (χ4v) is 0.930. The largest absolute Gasteiger partial charge is 0.545 e. The molecule has 0 bridgehead atoms. The second kappa shape index (κ2) is 4.18. The van der Waals surface area contributed by atoms with Crippen molar-refractivity contribution in [2.45, 2.75) is 0 Å². The molecule has 0 N–H and O–H groups in total. The first-order chi connectivity index (χ1) is 7.04. The van der Waals surface area contributed by atoms with Crippen molar-refractivity contribution in [3.05, 3.63) is 33.9 Å². The van der Waals surface area contributed by atoms with E-state index in [4.69, 9.17) is 0 Å². The summed E-state index contributed by atoms with van der Waals surface area (Å²) in [5.74, 6) is -1.81. The average molecular weight is 210 g/mol. The molecule has 0 aromatic heterocycles. The monoisotopic (exact) mass is 210 g/mol. The Morgan fingerprint density at radius 2 is 2.07 bits per heavy atom. The summed E-state index contributed by atoms with van der Waals surface area (Å²) in [6.45, 7) is 0.0398. The van der Waals surface area contributed by atoms with E-state index in [0.717, 1.165) is 18.2 Å². The number of carboxylic acids is 1. The van der Waals surface area contributed by atoms with Crippen molar-refractivity contribution in [3.8, 4) is 5.75 Å². The first-order valence-corrected chi connectivity index (χ1v) is 3.65. The average Bonchev–Trinajstić information content (AvgIpc) is 2.17. The highest BCUT2D eigenvalue weighted by molar-refractivity contribution is 5.87. The Labute approximate surface area is 83.0 Å². The Morgan fingerprint density at radius 1 is 1.40 bits per heavy atom. The zero-order chi connectivity index (χ0) is 11.4. The number of carbonyl (C=O) groups is 2. The molecule has 7 heteroatoms. The van der Waals surface area contributed by atoms with Gasteiger partial charge in [0.1, 0.15) is 5.75 Å². The van der Waals surface area contributed by atoms with Gasteiger partial charge < -0.3 is 14.6 Å². The Balaban J connectivity index is 3.25. The lowest BCUT2D eigenvalue weighted by Gasteiger charge is -2.04. The van der Waals surface area contributed by atoms with Gasteiger partial charge in [-0.2, -0.15) is 0 Å². The lowest BCUT2D eigenvalue weighted by atomic mass is 10.2. The van der Waals surface area contributed by atoms with Crippen molar-refractivity contribution in [2.75, 3.05) is 0 Å². The molecule has 0 saturated carbocycles. The zero-order valence-electron chi connectivity index (χ0n) is 7.21. The number of carboxylic acid groups (broad SMARTS) is 1. The van der Waals surface area contributed by atoms with Gasteiger partial charge in [-0.05, 0) is 6.07 Å². The highest BCUT2D eigenvalue weighted by Gasteiger charge is 2.10. The minimum Gasteiger partial charge on any atom is -0.545 e. The molecule has 1 aromatic rings. The smallest absolute Gasteiger partial charge is 0.298 e. The minimum absolute atomic E-state index is 0.0398. The molecule has 0 atom stereocenters. The van der Waals surface area contributed by atoms with Crippen molar-refractivity contribution < 1.29 is 24.4 Å². The first-order valence-electron chi connectivity index (χ1n) is 3.65. The van der Waals surface area contributed by atoms with Crippen LogP contribution in [0.4, 0.5) is 5.69 Å². The Hall–Kier alpha value is -2.44. The summed E-state index contributed by atoms with van der Waals surface area (Å²) in [6.07, 6.45) is 0. The number of benzene rings is 1. The predicted octanol–water partition coefficient (Wildman–Crippen LogP) is -0.507. The summed E-state index contributed by atoms with van der Waals surface area (Å²) in [7, 11) is 0. The second-order valence-corrected chi connectivity index (χ2v) is 2.47. The lowest BCUT2D eigenvalue weighted by Crippen LogP contribution is -2.22. The summed E-state index contributed by atoms with van der Waals surface area (Å²) >= 11 is 0. The van der Waals surface area contributed by atoms with E-state index in [2.05, 4.69) is 4.74 Å². The molecule has 0 amide bonds. The molecular formula is C8H4NO6-. The van der Waals surface area contributed by atoms with Gasteiger partial charge in [0, 0.05) is 11.6 Å². The highest BCUT2D eigenvalue weighted by Crippen LogP contribution is 2.22. The number of carbonyl (C=O) groups excluding carboxylic acids is 2. The van der Waals surface area contributed by atoms with E-state index in [1.54, 1.807) is 0 Å². The first kappa shape index (κ1) is 10.6. The lowest BCUT2D eigenvalue weighted by molar-refractivity contribution is -0.385. The van der Waals surface area contributed by atoms with Crippen molar-refractivity contribution in [2.24, 2.45) is 0 Å². The molecule has 1 aromatic carbocycles. The van der Waals surface area contributed by atoms with Gasteiger partial charge in [0.25, 0.3) is 12.2 Å². The predicted molar refractivity (Wildman–Crippen MR) is 44.1 cm³/mol. The molecule has 0 fully saturated rings. The Morgan fingerprint density at radius 3 is 2.53 bits per heavy atom. The van der Waals surface area contributed by atoms with Gasteiger partial charge in [0.05, 0.1) is 17.0 Å². The van der Waals surface area contributed by atoms with Crippen LogP contribution in [0.2, 0.25) is 0 Å². The quantitative estimate of drug-likeness (QED) is 0.376. The van der Waals surface area contributed by atoms with Gasteiger partial charge in [0.15, 0.2) is 0 Å². The number of aromatic carboxylic acids is 1. The fourth-order valence-electron chi connectivity index (χ4n) is 0.930. The molecule has 0 aliphatic carbocycles. The number of nitrogens with zero attached hydrogens (tertiary/aromatic N) is 1. The summed E-state index contributed by atoms with van der Waals surface area (Å²) in [4.78, 5) is 30.0. The van der Waals surface area contributed by atoms with Gasteiger partial charge in [-0.3, -0.25) is 14.9 Å². The summed E-state index contributed by atoms with van der Waals surface area (Å²) in [5.41, 5.74) is -0.922. The molecule has 0 aliphatic heterocycles. The molecule has 0 saturated heterocycles. The third kappa shape index (κ3) is 2.50. The van der Waals surface area contributed by atoms with Gasteiger partial charge in [-0.15, -0.1) is 0 Å². The van der Waals surface area contributed by atoms with Crippen LogP contribution < -0.4 is 9.84 Å². The van der Waals surface area contributed by atoms with Crippen molar-refractivity contribution >= 4 is 18.1 Å². The Kier molecular flexibility index (Phi) is 2.97. The number of hydrogen-bond acceptors (Lipinski definition) is 6. The van der Waals surface area contributed by atoms with Gasteiger partial charge in [-0.25, -0.2) is 0 Å². The van der Waals surface area contributed by atoms with Crippen LogP contribution in [0.25, 0.3) is 0 Å². The molecule has 0 heterocycles. The summed E-state index contributed by atoms with van der Waals surface area (Å²) in [5, 5.41) is 20.8. The van der Waals surface area contributed by atoms with Crippen LogP contribution in [0.1, 0.15) is 10.4 Å². The van der Waals surface area contributed by atoms with Gasteiger partial charge >= 0.3 is 0 Å². The number of ether oxygens (including phenoxy) is 1. The van der Waals surface area contributed by atoms with Crippen LogP contribution in [-0.2, 0) is 4.79 Å². The minimum atomic E-state index is -1.59. The molecule has 7 nitrogen and oxygen atoms in total.